The average Bonchev–Trinajstić information content (AvgIpc) is 2.40. The SMILES string of the molecule is CC.CCS(=O)c1cc2cc(C)ccc2oc1=O. The Labute approximate surface area is 109 Å². The predicted octanol–water partition coefficient (Wildman–Crippen LogP) is 3.26. The first-order valence-corrected chi connectivity index (χ1v) is 7.36. The highest BCUT2D eigenvalue weighted by Crippen LogP contribution is 2.16. The Balaban J connectivity index is 0.000000771. The van der Waals surface area contributed by atoms with E-state index in [9.17, 15) is 9.00 Å². The van der Waals surface area contributed by atoms with E-state index in [1.54, 1.807) is 19.1 Å². The molecule has 4 heteroatoms. The summed E-state index contributed by atoms with van der Waals surface area (Å²) in [4.78, 5) is 11.8. The molecule has 2 rings (SSSR count). The van der Waals surface area contributed by atoms with E-state index in [-0.39, 0.29) is 4.90 Å². The zero-order valence-electron chi connectivity index (χ0n) is 11.1. The van der Waals surface area contributed by atoms with E-state index in [4.69, 9.17) is 4.42 Å². The van der Waals surface area contributed by atoms with E-state index in [1.165, 1.54) is 0 Å². The van der Waals surface area contributed by atoms with Crippen molar-refractivity contribution in [2.24, 2.45) is 0 Å². The summed E-state index contributed by atoms with van der Waals surface area (Å²) in [6, 6.07) is 7.20. The van der Waals surface area contributed by atoms with Gasteiger partial charge in [0.15, 0.2) is 0 Å². The molecule has 0 aliphatic carbocycles. The maximum atomic E-state index is 11.6. The lowest BCUT2D eigenvalue weighted by molar-refractivity contribution is 0.541. The quantitative estimate of drug-likeness (QED) is 0.784. The van der Waals surface area contributed by atoms with Crippen LogP contribution in [0.1, 0.15) is 26.3 Å². The number of hydrogen-bond acceptors (Lipinski definition) is 3. The number of hydrogen-bond donors (Lipinski definition) is 0. The van der Waals surface area contributed by atoms with Crippen LogP contribution in [0.4, 0.5) is 0 Å². The number of aryl methyl sites for hydroxylation is 1. The molecule has 18 heavy (non-hydrogen) atoms. The van der Waals surface area contributed by atoms with Gasteiger partial charge in [-0.25, -0.2) is 4.79 Å². The topological polar surface area (TPSA) is 47.3 Å². The lowest BCUT2D eigenvalue weighted by atomic mass is 10.2. The first kappa shape index (κ1) is 14.6. The predicted molar refractivity (Wildman–Crippen MR) is 75.5 cm³/mol. The van der Waals surface area contributed by atoms with E-state index in [0.29, 0.717) is 11.3 Å². The monoisotopic (exact) mass is 266 g/mol. The van der Waals surface area contributed by atoms with Gasteiger partial charge in [-0.3, -0.25) is 4.21 Å². The zero-order valence-corrected chi connectivity index (χ0v) is 12.0. The van der Waals surface area contributed by atoms with Gasteiger partial charge in [-0.2, -0.15) is 0 Å². The lowest BCUT2D eigenvalue weighted by Gasteiger charge is -2.01. The summed E-state index contributed by atoms with van der Waals surface area (Å²) in [5.74, 6) is 0.419. The van der Waals surface area contributed by atoms with Crippen LogP contribution in [0, 0.1) is 6.92 Å². The van der Waals surface area contributed by atoms with Crippen LogP contribution in [0.25, 0.3) is 11.0 Å². The fourth-order valence-corrected chi connectivity index (χ4v) is 2.34. The van der Waals surface area contributed by atoms with Gasteiger partial charge in [-0.05, 0) is 25.1 Å². The van der Waals surface area contributed by atoms with Crippen molar-refractivity contribution in [3.05, 3.63) is 40.2 Å². The molecule has 3 nitrogen and oxygen atoms in total. The highest BCUT2D eigenvalue weighted by atomic mass is 32.2. The van der Waals surface area contributed by atoms with Gasteiger partial charge >= 0.3 is 5.63 Å². The molecular weight excluding hydrogens is 248 g/mol. The standard InChI is InChI=1S/C12H12O3S.C2H6/c1-3-16(14)11-7-9-6-8(2)4-5-10(9)15-12(11)13;1-2/h4-7H,3H2,1-2H3;1-2H3. The Morgan fingerprint density at radius 3 is 2.50 bits per heavy atom. The molecule has 1 unspecified atom stereocenters. The van der Waals surface area contributed by atoms with Crippen molar-refractivity contribution in [2.75, 3.05) is 5.75 Å². The molecule has 1 atom stereocenters. The van der Waals surface area contributed by atoms with Crippen molar-refractivity contribution < 1.29 is 8.63 Å². The van der Waals surface area contributed by atoms with Crippen molar-refractivity contribution in [2.45, 2.75) is 32.6 Å². The fraction of sp³-hybridized carbons (Fsp3) is 0.357. The molecule has 0 radical (unpaired) electrons. The maximum absolute atomic E-state index is 11.6. The molecule has 1 aromatic heterocycles. The van der Waals surface area contributed by atoms with Gasteiger partial charge < -0.3 is 4.42 Å². The first-order valence-electron chi connectivity index (χ1n) is 6.04. The van der Waals surface area contributed by atoms with Crippen molar-refractivity contribution >= 4 is 21.8 Å². The molecule has 0 saturated heterocycles. The van der Waals surface area contributed by atoms with E-state index in [0.717, 1.165) is 10.9 Å². The Kier molecular flexibility index (Phi) is 5.28. The summed E-state index contributed by atoms with van der Waals surface area (Å²) in [6.45, 7) is 7.73. The Morgan fingerprint density at radius 2 is 1.89 bits per heavy atom. The van der Waals surface area contributed by atoms with Gasteiger partial charge in [-0.1, -0.05) is 32.4 Å². The normalized spacial score (nSPS) is 11.8. The summed E-state index contributed by atoms with van der Waals surface area (Å²) in [5.41, 5.74) is 1.11. The Morgan fingerprint density at radius 1 is 1.22 bits per heavy atom. The third-order valence-electron chi connectivity index (χ3n) is 2.36. The average molecular weight is 266 g/mol. The van der Waals surface area contributed by atoms with Crippen molar-refractivity contribution in [3.8, 4) is 0 Å². The van der Waals surface area contributed by atoms with Crippen LogP contribution in [-0.2, 0) is 10.8 Å². The third-order valence-corrected chi connectivity index (χ3v) is 3.66. The molecule has 0 N–H and O–H groups in total. The Hall–Kier alpha value is -1.42. The van der Waals surface area contributed by atoms with Gasteiger partial charge in [0.05, 0.1) is 10.8 Å². The van der Waals surface area contributed by atoms with E-state index in [1.807, 2.05) is 32.9 Å². The smallest absolute Gasteiger partial charge is 0.352 e. The van der Waals surface area contributed by atoms with Gasteiger partial charge in [0.25, 0.3) is 0 Å². The van der Waals surface area contributed by atoms with Gasteiger partial charge in [-0.15, -0.1) is 0 Å². The third kappa shape index (κ3) is 3.07. The maximum Gasteiger partial charge on any atom is 0.352 e. The second kappa shape index (κ2) is 6.50. The molecule has 0 fully saturated rings. The molecule has 0 saturated carbocycles. The summed E-state index contributed by atoms with van der Waals surface area (Å²) < 4.78 is 16.7. The molecule has 98 valence electrons. The van der Waals surface area contributed by atoms with Crippen molar-refractivity contribution in [1.82, 2.24) is 0 Å². The minimum atomic E-state index is -1.27. The molecule has 0 aliphatic heterocycles. The zero-order chi connectivity index (χ0) is 13.7. The molecule has 0 amide bonds. The molecule has 0 bridgehead atoms. The van der Waals surface area contributed by atoms with Crippen LogP contribution in [0.2, 0.25) is 0 Å². The summed E-state index contributed by atoms with van der Waals surface area (Å²) in [6.07, 6.45) is 0. The van der Waals surface area contributed by atoms with E-state index >= 15 is 0 Å². The van der Waals surface area contributed by atoms with Crippen LogP contribution in [-0.4, -0.2) is 9.96 Å². The number of rotatable bonds is 2. The van der Waals surface area contributed by atoms with E-state index in [2.05, 4.69) is 0 Å². The number of benzene rings is 1. The second-order valence-electron chi connectivity index (χ2n) is 3.57. The van der Waals surface area contributed by atoms with Gasteiger partial charge in [0, 0.05) is 11.1 Å². The van der Waals surface area contributed by atoms with Crippen LogP contribution in [0.15, 0.2) is 38.4 Å². The van der Waals surface area contributed by atoms with E-state index < -0.39 is 16.4 Å². The highest BCUT2D eigenvalue weighted by molar-refractivity contribution is 7.85. The minimum Gasteiger partial charge on any atom is -0.422 e. The lowest BCUT2D eigenvalue weighted by Crippen LogP contribution is -2.10. The summed E-state index contributed by atoms with van der Waals surface area (Å²) in [5, 5.41) is 0.816. The molecule has 0 spiro atoms. The second-order valence-corrected chi connectivity index (χ2v) is 5.28. The largest absolute Gasteiger partial charge is 0.422 e. The Bertz CT molecular complexity index is 614. The molecular formula is C14H18O3S. The minimum absolute atomic E-state index is 0.251. The number of fused-ring (bicyclic) bond motifs is 1. The van der Waals surface area contributed by atoms with Crippen LogP contribution < -0.4 is 5.63 Å². The fourth-order valence-electron chi connectivity index (χ4n) is 1.54. The van der Waals surface area contributed by atoms with Crippen molar-refractivity contribution in [1.29, 1.82) is 0 Å². The summed E-state index contributed by atoms with van der Waals surface area (Å²) >= 11 is 0. The first-order chi connectivity index (χ1) is 8.61. The summed E-state index contributed by atoms with van der Waals surface area (Å²) in [7, 11) is -1.27. The van der Waals surface area contributed by atoms with Gasteiger partial charge in [0.2, 0.25) is 0 Å². The van der Waals surface area contributed by atoms with Crippen LogP contribution in [0.5, 0.6) is 0 Å². The molecule has 1 aromatic carbocycles. The van der Waals surface area contributed by atoms with Gasteiger partial charge in [0.1, 0.15) is 10.5 Å². The molecule has 0 aliphatic rings. The van der Waals surface area contributed by atoms with Crippen LogP contribution in [0.3, 0.4) is 0 Å². The molecule has 2 aromatic rings. The van der Waals surface area contributed by atoms with Crippen molar-refractivity contribution in [3.63, 3.8) is 0 Å². The molecule has 1 heterocycles. The highest BCUT2D eigenvalue weighted by Gasteiger charge is 2.10. The van der Waals surface area contributed by atoms with Crippen LogP contribution >= 0.6 is 0 Å².